The summed E-state index contributed by atoms with van der Waals surface area (Å²) in [6.07, 6.45) is 6.55. The van der Waals surface area contributed by atoms with Crippen molar-refractivity contribution in [3.63, 3.8) is 0 Å². The molecular weight excluding hydrogens is 426 g/mol. The van der Waals surface area contributed by atoms with Crippen molar-refractivity contribution in [1.82, 2.24) is 0 Å². The molecule has 3 aliphatic carbocycles. The fraction of sp³-hybridized carbons (Fsp3) is 0.889. The largest absolute Gasteiger partial charge is 0.417 e. The molecule has 184 valence electrons. The Labute approximate surface area is 201 Å². The van der Waals surface area contributed by atoms with E-state index in [0.29, 0.717) is 23.7 Å². The van der Waals surface area contributed by atoms with Gasteiger partial charge in [0.1, 0.15) is 0 Å². The molecule has 0 amide bonds. The molecule has 0 saturated heterocycles. The minimum Gasteiger partial charge on any atom is -0.417 e. The lowest BCUT2D eigenvalue weighted by Gasteiger charge is -2.59. The molecule has 5 heteroatoms. The number of fused-ring (bicyclic) bond motifs is 2. The van der Waals surface area contributed by atoms with Gasteiger partial charge < -0.3 is 8.85 Å². The highest BCUT2D eigenvalue weighted by Crippen LogP contribution is 2.60. The maximum Gasteiger partial charge on any atom is 0.194 e. The normalized spacial score (nSPS) is 32.3. The first-order valence-corrected chi connectivity index (χ1v) is 18.5. The lowest BCUT2D eigenvalue weighted by atomic mass is 9.51. The second-order valence-corrected chi connectivity index (χ2v) is 23.8. The van der Waals surface area contributed by atoms with Gasteiger partial charge in [-0.3, -0.25) is 0 Å². The second kappa shape index (κ2) is 8.66. The highest BCUT2D eigenvalue weighted by molar-refractivity contribution is 6.74. The van der Waals surface area contributed by atoms with Crippen molar-refractivity contribution in [3.8, 4) is 6.07 Å². The van der Waals surface area contributed by atoms with E-state index < -0.39 is 22.2 Å². The summed E-state index contributed by atoms with van der Waals surface area (Å²) in [6.45, 7) is 30.8. The van der Waals surface area contributed by atoms with E-state index in [4.69, 9.17) is 8.85 Å². The van der Waals surface area contributed by atoms with E-state index in [0.717, 1.165) is 19.4 Å². The lowest BCUT2D eigenvalue weighted by Crippen LogP contribution is -2.62. The molecule has 0 heterocycles. The molecule has 0 aromatic rings. The van der Waals surface area contributed by atoms with Crippen LogP contribution in [-0.4, -0.2) is 28.8 Å². The summed E-state index contributed by atoms with van der Waals surface area (Å²) >= 11 is 0. The molecule has 0 aromatic heterocycles. The monoisotopic (exact) mass is 477 g/mol. The van der Waals surface area contributed by atoms with Crippen LogP contribution in [0.15, 0.2) is 12.2 Å². The molecule has 3 nitrogen and oxygen atoms in total. The Hall–Kier alpha value is -0.416. The van der Waals surface area contributed by atoms with Gasteiger partial charge in [-0.2, -0.15) is 5.26 Å². The van der Waals surface area contributed by atoms with E-state index in [2.05, 4.69) is 107 Å². The first-order chi connectivity index (χ1) is 14.2. The Bertz CT molecular complexity index is 753. The average Bonchev–Trinajstić information content (AvgIpc) is 2.60. The van der Waals surface area contributed by atoms with Crippen LogP contribution in [0.3, 0.4) is 0 Å². The molecule has 3 aliphatic rings. The summed E-state index contributed by atoms with van der Waals surface area (Å²) in [5, 5.41) is 10.8. The van der Waals surface area contributed by atoms with Gasteiger partial charge >= 0.3 is 0 Å². The van der Waals surface area contributed by atoms with Gasteiger partial charge in [-0.1, -0.05) is 74.5 Å². The van der Waals surface area contributed by atoms with Gasteiger partial charge in [0.15, 0.2) is 22.2 Å². The van der Waals surface area contributed by atoms with E-state index in [1.165, 1.54) is 0 Å². The standard InChI is InChI=1S/C27H51NO2Si2/c1-20(2)23(18-29-31(10,11)24(3,4)5)22-17-26(9)15-14-21(22)16-27(26,19-28)30-32(12,13)25(6,7)8/h14-15,20-23H,16-18H2,1-13H3/t21-,22-,23-,26-,27+/m1/s1. The fourth-order valence-electron chi connectivity index (χ4n) is 5.02. The van der Waals surface area contributed by atoms with Crippen LogP contribution < -0.4 is 0 Å². The Morgan fingerprint density at radius 2 is 1.53 bits per heavy atom. The van der Waals surface area contributed by atoms with Gasteiger partial charge in [-0.05, 0) is 72.8 Å². The summed E-state index contributed by atoms with van der Waals surface area (Å²) in [5.74, 6) is 1.98. The van der Waals surface area contributed by atoms with Crippen molar-refractivity contribution >= 4 is 16.6 Å². The van der Waals surface area contributed by atoms with Crippen molar-refractivity contribution in [2.45, 2.75) is 117 Å². The summed E-state index contributed by atoms with van der Waals surface area (Å²) in [4.78, 5) is 0. The first-order valence-electron chi connectivity index (χ1n) is 12.7. The third kappa shape index (κ3) is 4.99. The van der Waals surface area contributed by atoms with Crippen LogP contribution >= 0.6 is 0 Å². The van der Waals surface area contributed by atoms with Crippen molar-refractivity contribution in [3.05, 3.63) is 12.2 Å². The molecule has 0 N–H and O–H groups in total. The Kier molecular flexibility index (Phi) is 7.53. The molecule has 1 fully saturated rings. The van der Waals surface area contributed by atoms with Crippen molar-refractivity contribution in [2.75, 3.05) is 6.61 Å². The molecular formula is C27H51NO2Si2. The van der Waals surface area contributed by atoms with Gasteiger partial charge in [-0.15, -0.1) is 0 Å². The van der Waals surface area contributed by atoms with E-state index in [9.17, 15) is 5.26 Å². The molecule has 32 heavy (non-hydrogen) atoms. The van der Waals surface area contributed by atoms with Crippen molar-refractivity contribution in [1.29, 1.82) is 5.26 Å². The third-order valence-corrected chi connectivity index (χ3v) is 18.6. The number of hydrogen-bond acceptors (Lipinski definition) is 3. The van der Waals surface area contributed by atoms with Crippen LogP contribution in [0, 0.1) is 40.4 Å². The van der Waals surface area contributed by atoms with Crippen LogP contribution in [0.1, 0.15) is 75.2 Å². The van der Waals surface area contributed by atoms with Crippen LogP contribution in [0.2, 0.25) is 36.3 Å². The summed E-state index contributed by atoms with van der Waals surface area (Å²) in [5.41, 5.74) is -0.964. The van der Waals surface area contributed by atoms with Gasteiger partial charge in [0.05, 0.1) is 6.07 Å². The SMILES string of the molecule is CC(C)[C@@H](CO[Si](C)(C)C(C)(C)C)[C@@H]1C[C@@]2(C)C=C[C@@H]1C[C@@]2(C#N)O[Si](C)(C)C(C)(C)C. The summed E-state index contributed by atoms with van der Waals surface area (Å²) in [7, 11) is -3.87. The topological polar surface area (TPSA) is 42.2 Å². The average molecular weight is 478 g/mol. The van der Waals surface area contributed by atoms with Crippen LogP contribution in [0.4, 0.5) is 0 Å². The predicted molar refractivity (Wildman–Crippen MR) is 142 cm³/mol. The van der Waals surface area contributed by atoms with E-state index in [1.54, 1.807) is 0 Å². The molecule has 0 spiro atoms. The maximum atomic E-state index is 10.5. The molecule has 0 aliphatic heterocycles. The summed E-state index contributed by atoms with van der Waals surface area (Å²) < 4.78 is 13.7. The van der Waals surface area contributed by atoms with Crippen LogP contribution in [0.5, 0.6) is 0 Å². The minimum absolute atomic E-state index is 0.0878. The van der Waals surface area contributed by atoms with Crippen LogP contribution in [-0.2, 0) is 8.85 Å². The number of hydrogen-bond donors (Lipinski definition) is 0. The zero-order valence-electron chi connectivity index (χ0n) is 23.3. The predicted octanol–water partition coefficient (Wildman–Crippen LogP) is 8.17. The third-order valence-electron chi connectivity index (χ3n) is 9.63. The Morgan fingerprint density at radius 3 is 1.94 bits per heavy atom. The smallest absolute Gasteiger partial charge is 0.194 e. The molecule has 0 aromatic carbocycles. The van der Waals surface area contributed by atoms with Crippen molar-refractivity contribution < 1.29 is 8.85 Å². The van der Waals surface area contributed by atoms with Crippen LogP contribution in [0.25, 0.3) is 0 Å². The van der Waals surface area contributed by atoms with E-state index in [-0.39, 0.29) is 15.5 Å². The zero-order valence-corrected chi connectivity index (χ0v) is 25.3. The fourth-order valence-corrected chi connectivity index (χ4v) is 7.60. The first kappa shape index (κ1) is 27.8. The van der Waals surface area contributed by atoms with Gasteiger partial charge in [0.2, 0.25) is 0 Å². The second-order valence-electron chi connectivity index (χ2n) is 14.3. The number of nitrogens with zero attached hydrogens (tertiary/aromatic N) is 1. The quantitative estimate of drug-likeness (QED) is 0.274. The van der Waals surface area contributed by atoms with Gasteiger partial charge in [0, 0.05) is 12.0 Å². The van der Waals surface area contributed by atoms with Gasteiger partial charge in [-0.25, -0.2) is 0 Å². The Balaban J connectivity index is 2.31. The maximum absolute atomic E-state index is 10.5. The minimum atomic E-state index is -2.08. The zero-order chi connectivity index (χ0) is 25.0. The molecule has 1 saturated carbocycles. The number of rotatable bonds is 7. The molecule has 3 rings (SSSR count). The molecule has 0 radical (unpaired) electrons. The van der Waals surface area contributed by atoms with Crippen molar-refractivity contribution in [2.24, 2.45) is 29.1 Å². The molecule has 2 bridgehead atoms. The van der Waals surface area contributed by atoms with E-state index in [1.807, 2.05) is 0 Å². The lowest BCUT2D eigenvalue weighted by molar-refractivity contribution is -0.0853. The van der Waals surface area contributed by atoms with Gasteiger partial charge in [0.25, 0.3) is 0 Å². The highest BCUT2D eigenvalue weighted by atomic mass is 28.4. The summed E-state index contributed by atoms with van der Waals surface area (Å²) in [6, 6.07) is 2.72. The van der Waals surface area contributed by atoms with E-state index >= 15 is 0 Å². The molecule has 5 atom stereocenters. The molecule has 0 unspecified atom stereocenters. The highest BCUT2D eigenvalue weighted by Gasteiger charge is 2.61. The Morgan fingerprint density at radius 1 is 1.00 bits per heavy atom. The number of nitriles is 1. The number of allylic oxidation sites excluding steroid dienone is 1.